The maximum absolute atomic E-state index is 13.6. The van der Waals surface area contributed by atoms with Crippen LogP contribution in [0.15, 0.2) is 46.7 Å². The highest BCUT2D eigenvalue weighted by Gasteiger charge is 2.23. The molecule has 1 saturated heterocycles. The Morgan fingerprint density at radius 2 is 1.85 bits per heavy atom. The number of nitrogens with zero attached hydrogens (tertiary/aromatic N) is 2. The molecule has 0 atom stereocenters. The number of carbonyl (C=O) groups is 1. The maximum Gasteiger partial charge on any atom is 0.264 e. The molecule has 0 bridgehead atoms. The molecule has 6 nitrogen and oxygen atoms in total. The molecule has 1 N–H and O–H groups in total. The van der Waals surface area contributed by atoms with Crippen LogP contribution in [-0.2, 0) is 10.0 Å². The number of benzene rings is 1. The van der Waals surface area contributed by atoms with E-state index in [9.17, 15) is 17.6 Å². The number of piperazine rings is 1. The van der Waals surface area contributed by atoms with E-state index in [4.69, 9.17) is 0 Å². The zero-order valence-corrected chi connectivity index (χ0v) is 15.7. The van der Waals surface area contributed by atoms with Crippen LogP contribution in [0, 0.1) is 5.82 Å². The quantitative estimate of drug-likeness (QED) is 0.804. The summed E-state index contributed by atoms with van der Waals surface area (Å²) in [6.07, 6.45) is 0. The minimum Gasteiger partial charge on any atom is -0.335 e. The van der Waals surface area contributed by atoms with Gasteiger partial charge in [-0.25, -0.2) is 17.5 Å². The van der Waals surface area contributed by atoms with E-state index >= 15 is 0 Å². The third-order valence-corrected chi connectivity index (χ3v) is 6.59. The van der Waals surface area contributed by atoms with Gasteiger partial charge in [-0.05, 0) is 23.6 Å². The summed E-state index contributed by atoms with van der Waals surface area (Å²) >= 11 is 1.43. The second-order valence-corrected chi connectivity index (χ2v) is 8.62. The van der Waals surface area contributed by atoms with Crippen LogP contribution in [0.1, 0.15) is 9.67 Å². The minimum atomic E-state index is -3.86. The van der Waals surface area contributed by atoms with E-state index in [1.807, 2.05) is 22.4 Å². The van der Waals surface area contributed by atoms with Crippen molar-refractivity contribution in [3.05, 3.63) is 52.5 Å². The van der Waals surface area contributed by atoms with Crippen LogP contribution in [0.25, 0.3) is 0 Å². The van der Waals surface area contributed by atoms with Crippen molar-refractivity contribution in [2.45, 2.75) is 4.90 Å². The highest BCUT2D eigenvalue weighted by atomic mass is 32.2. The lowest BCUT2D eigenvalue weighted by atomic mass is 10.3. The Kier molecular flexibility index (Phi) is 6.02. The SMILES string of the molecule is O=C(c1cccs1)N1CCN(CCNS(=O)(=O)c2ccccc2F)CC1. The lowest BCUT2D eigenvalue weighted by molar-refractivity contribution is 0.0645. The fraction of sp³-hybridized carbons (Fsp3) is 0.353. The molecule has 2 heterocycles. The first-order chi connectivity index (χ1) is 12.5. The standard InChI is InChI=1S/C17H20FN3O3S2/c18-14-4-1-2-6-16(14)26(23,24)19-7-8-20-9-11-21(12-10-20)17(22)15-5-3-13-25-15/h1-6,13,19H,7-12H2. The van der Waals surface area contributed by atoms with Gasteiger partial charge >= 0.3 is 0 Å². The van der Waals surface area contributed by atoms with E-state index < -0.39 is 15.8 Å². The van der Waals surface area contributed by atoms with Crippen molar-refractivity contribution in [3.8, 4) is 0 Å². The Morgan fingerprint density at radius 3 is 2.50 bits per heavy atom. The number of hydrogen-bond acceptors (Lipinski definition) is 5. The van der Waals surface area contributed by atoms with Gasteiger partial charge < -0.3 is 4.90 Å². The predicted molar refractivity (Wildman–Crippen MR) is 98.3 cm³/mol. The number of nitrogens with one attached hydrogen (secondary N) is 1. The molecule has 140 valence electrons. The average Bonchev–Trinajstić information content (AvgIpc) is 3.16. The van der Waals surface area contributed by atoms with Crippen molar-refractivity contribution < 1.29 is 17.6 Å². The topological polar surface area (TPSA) is 69.7 Å². The Bertz CT molecular complexity index is 848. The van der Waals surface area contributed by atoms with Gasteiger partial charge in [-0.3, -0.25) is 9.69 Å². The summed E-state index contributed by atoms with van der Waals surface area (Å²) in [5, 5.41) is 1.88. The summed E-state index contributed by atoms with van der Waals surface area (Å²) in [6, 6.07) is 8.98. The zero-order valence-electron chi connectivity index (χ0n) is 14.1. The van der Waals surface area contributed by atoms with Crippen LogP contribution in [0.4, 0.5) is 4.39 Å². The van der Waals surface area contributed by atoms with E-state index in [2.05, 4.69) is 9.62 Å². The van der Waals surface area contributed by atoms with E-state index in [-0.39, 0.29) is 17.3 Å². The molecule has 0 aliphatic carbocycles. The van der Waals surface area contributed by atoms with Gasteiger partial charge in [-0.15, -0.1) is 11.3 Å². The summed E-state index contributed by atoms with van der Waals surface area (Å²) in [5.41, 5.74) is 0. The fourth-order valence-corrected chi connectivity index (χ4v) is 4.60. The number of amides is 1. The van der Waals surface area contributed by atoms with Crippen LogP contribution < -0.4 is 4.72 Å². The van der Waals surface area contributed by atoms with Gasteiger partial charge in [0.1, 0.15) is 10.7 Å². The molecule has 1 aliphatic heterocycles. The summed E-state index contributed by atoms with van der Waals surface area (Å²) in [5.74, 6) is -0.722. The number of hydrogen-bond donors (Lipinski definition) is 1. The van der Waals surface area contributed by atoms with Crippen molar-refractivity contribution in [2.24, 2.45) is 0 Å². The third kappa shape index (κ3) is 4.47. The number of carbonyl (C=O) groups excluding carboxylic acids is 1. The summed E-state index contributed by atoms with van der Waals surface area (Å²) in [7, 11) is -3.86. The number of rotatable bonds is 6. The lowest BCUT2D eigenvalue weighted by Gasteiger charge is -2.34. The number of sulfonamides is 1. The van der Waals surface area contributed by atoms with Crippen molar-refractivity contribution in [1.82, 2.24) is 14.5 Å². The molecule has 1 aliphatic rings. The molecule has 2 aromatic rings. The average molecular weight is 397 g/mol. The van der Waals surface area contributed by atoms with Gasteiger partial charge in [0.2, 0.25) is 10.0 Å². The maximum atomic E-state index is 13.6. The van der Waals surface area contributed by atoms with Gasteiger partial charge in [0.25, 0.3) is 5.91 Å². The molecule has 1 amide bonds. The molecule has 0 saturated carbocycles. The van der Waals surface area contributed by atoms with Crippen molar-refractivity contribution in [2.75, 3.05) is 39.3 Å². The number of halogens is 1. The van der Waals surface area contributed by atoms with Crippen LogP contribution in [0.3, 0.4) is 0 Å². The van der Waals surface area contributed by atoms with Gasteiger partial charge in [0.15, 0.2) is 0 Å². The largest absolute Gasteiger partial charge is 0.335 e. The van der Waals surface area contributed by atoms with E-state index in [0.29, 0.717) is 32.7 Å². The second kappa shape index (κ2) is 8.26. The molecular formula is C17H20FN3O3S2. The first-order valence-corrected chi connectivity index (χ1v) is 10.6. The van der Waals surface area contributed by atoms with Crippen molar-refractivity contribution in [1.29, 1.82) is 0 Å². The van der Waals surface area contributed by atoms with Gasteiger partial charge in [-0.2, -0.15) is 0 Å². The summed E-state index contributed by atoms with van der Waals surface area (Å²) in [4.78, 5) is 16.6. The molecule has 0 unspecified atom stereocenters. The smallest absolute Gasteiger partial charge is 0.264 e. The Hall–Kier alpha value is -1.81. The molecule has 1 fully saturated rings. The fourth-order valence-electron chi connectivity index (χ4n) is 2.81. The normalized spacial score (nSPS) is 16.0. The zero-order chi connectivity index (χ0) is 18.6. The Balaban J connectivity index is 1.46. The van der Waals surface area contributed by atoms with Crippen LogP contribution >= 0.6 is 11.3 Å². The van der Waals surface area contributed by atoms with Crippen LogP contribution in [0.5, 0.6) is 0 Å². The molecule has 1 aromatic carbocycles. The third-order valence-electron chi connectivity index (χ3n) is 4.24. The van der Waals surface area contributed by atoms with Crippen LogP contribution in [0.2, 0.25) is 0 Å². The van der Waals surface area contributed by atoms with Gasteiger partial charge in [-0.1, -0.05) is 18.2 Å². The van der Waals surface area contributed by atoms with Gasteiger partial charge in [0, 0.05) is 39.3 Å². The Labute approximate surface area is 156 Å². The Morgan fingerprint density at radius 1 is 1.12 bits per heavy atom. The van der Waals surface area contributed by atoms with E-state index in [1.165, 1.54) is 29.5 Å². The highest BCUT2D eigenvalue weighted by molar-refractivity contribution is 7.89. The molecule has 3 rings (SSSR count). The molecular weight excluding hydrogens is 377 g/mol. The molecule has 0 spiro atoms. The first-order valence-electron chi connectivity index (χ1n) is 8.27. The monoisotopic (exact) mass is 397 g/mol. The molecule has 26 heavy (non-hydrogen) atoms. The number of thiophene rings is 1. The lowest BCUT2D eigenvalue weighted by Crippen LogP contribution is -2.50. The van der Waals surface area contributed by atoms with Crippen LogP contribution in [-0.4, -0.2) is 63.4 Å². The predicted octanol–water partition coefficient (Wildman–Crippen LogP) is 1.62. The van der Waals surface area contributed by atoms with Gasteiger partial charge in [0.05, 0.1) is 4.88 Å². The van der Waals surface area contributed by atoms with Crippen molar-refractivity contribution >= 4 is 27.3 Å². The molecule has 9 heteroatoms. The highest BCUT2D eigenvalue weighted by Crippen LogP contribution is 2.14. The van der Waals surface area contributed by atoms with E-state index in [1.54, 1.807) is 0 Å². The minimum absolute atomic E-state index is 0.0416. The second-order valence-electron chi connectivity index (χ2n) is 5.94. The van der Waals surface area contributed by atoms with Crippen molar-refractivity contribution in [3.63, 3.8) is 0 Å². The molecule has 1 aromatic heterocycles. The molecule has 0 radical (unpaired) electrons. The summed E-state index contributed by atoms with van der Waals surface area (Å²) in [6.45, 7) is 3.27. The summed E-state index contributed by atoms with van der Waals surface area (Å²) < 4.78 is 40.4. The first kappa shape index (κ1) is 19.0. The van der Waals surface area contributed by atoms with E-state index in [0.717, 1.165) is 10.9 Å².